The summed E-state index contributed by atoms with van der Waals surface area (Å²) in [6.07, 6.45) is -0.240. The summed E-state index contributed by atoms with van der Waals surface area (Å²) >= 11 is -2.01. The maximum atomic E-state index is 10.4. The average molecular weight is 229 g/mol. The van der Waals surface area contributed by atoms with Crippen LogP contribution in [0.25, 0.3) is 0 Å². The van der Waals surface area contributed by atoms with Gasteiger partial charge in [0.2, 0.25) is 11.3 Å². The van der Waals surface area contributed by atoms with Crippen LogP contribution in [-0.4, -0.2) is 28.0 Å². The summed E-state index contributed by atoms with van der Waals surface area (Å²) in [5, 5.41) is 0. The van der Waals surface area contributed by atoms with Gasteiger partial charge in [0.15, 0.2) is 11.5 Å². The van der Waals surface area contributed by atoms with Crippen molar-refractivity contribution in [1.29, 1.82) is 0 Å². The Bertz CT molecular complexity index is 371. The third kappa shape index (κ3) is 2.68. The number of ether oxygens (including phenoxy) is 2. The van der Waals surface area contributed by atoms with Crippen molar-refractivity contribution in [3.8, 4) is 11.5 Å². The zero-order chi connectivity index (χ0) is 10.7. The Labute approximate surface area is 89.8 Å². The van der Waals surface area contributed by atoms with E-state index in [0.717, 1.165) is 0 Å². The molecule has 0 fully saturated rings. The Hall–Kier alpha value is -1.11. The Balaban J connectivity index is 1.96. The summed E-state index contributed by atoms with van der Waals surface area (Å²) in [4.78, 5) is 0. The van der Waals surface area contributed by atoms with Crippen LogP contribution in [0.1, 0.15) is 0 Å². The number of benzene rings is 1. The molecule has 1 aliphatic heterocycles. The number of hydrogen-bond donors (Lipinski definition) is 2. The minimum Gasteiger partial charge on any atom is -0.486 e. The second kappa shape index (κ2) is 4.61. The van der Waals surface area contributed by atoms with E-state index in [0.29, 0.717) is 18.1 Å². The van der Waals surface area contributed by atoms with Gasteiger partial charge in [-0.1, -0.05) is 12.1 Å². The first-order chi connectivity index (χ1) is 7.25. The van der Waals surface area contributed by atoms with E-state index < -0.39 is 11.3 Å². The molecule has 15 heavy (non-hydrogen) atoms. The molecule has 6 heteroatoms. The molecule has 2 rings (SSSR count). The lowest BCUT2D eigenvalue weighted by atomic mass is 10.2. The zero-order valence-corrected chi connectivity index (χ0v) is 8.70. The summed E-state index contributed by atoms with van der Waals surface area (Å²) in [7, 11) is 0. The van der Waals surface area contributed by atoms with Gasteiger partial charge in [0.05, 0.1) is 6.54 Å². The molecule has 2 atom stereocenters. The van der Waals surface area contributed by atoms with Crippen molar-refractivity contribution in [3.05, 3.63) is 24.3 Å². The van der Waals surface area contributed by atoms with Crippen LogP contribution >= 0.6 is 0 Å². The van der Waals surface area contributed by atoms with Gasteiger partial charge in [-0.15, -0.1) is 0 Å². The molecule has 0 amide bonds. The minimum atomic E-state index is -2.01. The molecule has 0 aromatic heterocycles. The van der Waals surface area contributed by atoms with Gasteiger partial charge in [0, 0.05) is 0 Å². The number of hydrogen-bond acceptors (Lipinski definition) is 3. The maximum Gasteiger partial charge on any atom is 0.231 e. The van der Waals surface area contributed by atoms with Crippen LogP contribution in [0, 0.1) is 0 Å². The molecule has 1 heterocycles. The fraction of sp³-hybridized carbons (Fsp3) is 0.333. The number of rotatable bonds is 3. The van der Waals surface area contributed by atoms with Gasteiger partial charge in [0.1, 0.15) is 12.7 Å². The highest BCUT2D eigenvalue weighted by atomic mass is 32.2. The Morgan fingerprint density at radius 1 is 1.47 bits per heavy atom. The molecular weight excluding hydrogens is 218 g/mol. The number of para-hydroxylation sites is 2. The van der Waals surface area contributed by atoms with Crippen molar-refractivity contribution < 1.29 is 18.2 Å². The summed E-state index contributed by atoms with van der Waals surface area (Å²) in [5.74, 6) is 1.37. The van der Waals surface area contributed by atoms with Crippen LogP contribution < -0.4 is 14.2 Å². The van der Waals surface area contributed by atoms with E-state index in [1.54, 1.807) is 6.07 Å². The topological polar surface area (TPSA) is 67.8 Å². The van der Waals surface area contributed by atoms with E-state index in [9.17, 15) is 4.21 Å². The van der Waals surface area contributed by atoms with Crippen LogP contribution in [0.3, 0.4) is 0 Å². The van der Waals surface area contributed by atoms with E-state index in [1.807, 2.05) is 18.2 Å². The van der Waals surface area contributed by atoms with E-state index in [1.165, 1.54) is 0 Å². The van der Waals surface area contributed by atoms with E-state index >= 15 is 0 Å². The molecule has 82 valence electrons. The molecule has 0 radical (unpaired) electrons. The lowest BCUT2D eigenvalue weighted by Crippen LogP contribution is -2.38. The van der Waals surface area contributed by atoms with Crippen LogP contribution in [0.5, 0.6) is 11.5 Å². The van der Waals surface area contributed by atoms with Crippen molar-refractivity contribution in [2.24, 2.45) is 0 Å². The largest absolute Gasteiger partial charge is 0.486 e. The SMILES string of the molecule is O=S(O)NC[C@H]1COc2ccccc2O1. The second-order valence-corrected chi connectivity index (χ2v) is 3.88. The zero-order valence-electron chi connectivity index (χ0n) is 7.88. The molecule has 2 N–H and O–H groups in total. The second-order valence-electron chi connectivity index (χ2n) is 3.10. The highest BCUT2D eigenvalue weighted by molar-refractivity contribution is 7.77. The van der Waals surface area contributed by atoms with Gasteiger partial charge in [-0.25, -0.2) is 8.93 Å². The molecule has 0 spiro atoms. The fourth-order valence-electron chi connectivity index (χ4n) is 1.33. The molecular formula is C9H11NO4S. The van der Waals surface area contributed by atoms with Crippen LogP contribution in [0.2, 0.25) is 0 Å². The normalized spacial score (nSPS) is 21.0. The van der Waals surface area contributed by atoms with Crippen molar-refractivity contribution in [1.82, 2.24) is 4.72 Å². The summed E-state index contributed by atoms with van der Waals surface area (Å²) < 4.78 is 32.3. The molecule has 0 saturated heterocycles. The summed E-state index contributed by atoms with van der Waals surface area (Å²) in [6, 6.07) is 7.34. The van der Waals surface area contributed by atoms with Gasteiger partial charge in [0.25, 0.3) is 0 Å². The predicted molar refractivity (Wildman–Crippen MR) is 55.1 cm³/mol. The smallest absolute Gasteiger partial charge is 0.231 e. The minimum absolute atomic E-state index is 0.240. The van der Waals surface area contributed by atoms with Crippen LogP contribution in [0.15, 0.2) is 24.3 Å². The molecule has 0 saturated carbocycles. The molecule has 1 unspecified atom stereocenters. The Morgan fingerprint density at radius 2 is 2.20 bits per heavy atom. The van der Waals surface area contributed by atoms with Crippen molar-refractivity contribution >= 4 is 11.3 Å². The molecule has 5 nitrogen and oxygen atoms in total. The predicted octanol–water partition coefficient (Wildman–Crippen LogP) is 0.553. The first-order valence-electron chi connectivity index (χ1n) is 4.48. The number of nitrogens with one attached hydrogen (secondary N) is 1. The monoisotopic (exact) mass is 229 g/mol. The standard InChI is InChI=1S/C9H11NO4S/c11-15(12)10-5-7-6-13-8-3-1-2-4-9(8)14-7/h1-4,7,10H,5-6H2,(H,11,12)/t7-/m0/s1. The molecule has 1 aromatic rings. The quantitative estimate of drug-likeness (QED) is 0.743. The maximum absolute atomic E-state index is 10.4. The summed E-state index contributed by atoms with van der Waals surface area (Å²) in [6.45, 7) is 0.651. The highest BCUT2D eigenvalue weighted by Gasteiger charge is 2.20. The fourth-order valence-corrected chi connectivity index (χ4v) is 1.66. The van der Waals surface area contributed by atoms with Gasteiger partial charge in [-0.3, -0.25) is 4.55 Å². The molecule has 1 aromatic carbocycles. The van der Waals surface area contributed by atoms with Gasteiger partial charge in [-0.2, -0.15) is 0 Å². The van der Waals surface area contributed by atoms with Crippen molar-refractivity contribution in [3.63, 3.8) is 0 Å². The van der Waals surface area contributed by atoms with Crippen LogP contribution in [0.4, 0.5) is 0 Å². The summed E-state index contributed by atoms with van der Waals surface area (Å²) in [5.41, 5.74) is 0. The Morgan fingerprint density at radius 3 is 2.93 bits per heavy atom. The highest BCUT2D eigenvalue weighted by Crippen LogP contribution is 2.30. The van der Waals surface area contributed by atoms with Crippen molar-refractivity contribution in [2.45, 2.75) is 6.10 Å². The molecule has 0 aliphatic carbocycles. The molecule has 1 aliphatic rings. The average Bonchev–Trinajstić information content (AvgIpc) is 2.26. The lowest BCUT2D eigenvalue weighted by Gasteiger charge is -2.25. The Kier molecular flexibility index (Phi) is 3.20. The first-order valence-corrected chi connectivity index (χ1v) is 5.59. The third-order valence-corrected chi connectivity index (χ3v) is 2.42. The first kappa shape index (κ1) is 10.4. The lowest BCUT2D eigenvalue weighted by molar-refractivity contribution is 0.0942. The van der Waals surface area contributed by atoms with Crippen molar-refractivity contribution in [2.75, 3.05) is 13.2 Å². The van der Waals surface area contributed by atoms with Gasteiger partial charge in [-0.05, 0) is 12.1 Å². The van der Waals surface area contributed by atoms with Crippen LogP contribution in [-0.2, 0) is 11.3 Å². The molecule has 0 bridgehead atoms. The van der Waals surface area contributed by atoms with E-state index in [2.05, 4.69) is 4.72 Å². The van der Waals surface area contributed by atoms with E-state index in [4.69, 9.17) is 14.0 Å². The third-order valence-electron chi connectivity index (χ3n) is 2.00. The van der Waals surface area contributed by atoms with E-state index in [-0.39, 0.29) is 12.6 Å². The van der Waals surface area contributed by atoms with Gasteiger partial charge < -0.3 is 9.47 Å². The van der Waals surface area contributed by atoms with Gasteiger partial charge >= 0.3 is 0 Å². The number of fused-ring (bicyclic) bond motifs is 1.